The van der Waals surface area contributed by atoms with E-state index in [2.05, 4.69) is 96.3 Å². The van der Waals surface area contributed by atoms with E-state index in [1.165, 1.54) is 16.7 Å². The van der Waals surface area contributed by atoms with E-state index in [4.69, 9.17) is 0 Å². The van der Waals surface area contributed by atoms with Crippen LogP contribution in [0.15, 0.2) is 91.0 Å². The van der Waals surface area contributed by atoms with Crippen molar-refractivity contribution in [2.75, 3.05) is 6.54 Å². The van der Waals surface area contributed by atoms with Gasteiger partial charge in [-0.1, -0.05) is 91.0 Å². The summed E-state index contributed by atoms with van der Waals surface area (Å²) in [7, 11) is 0. The molecule has 4 rings (SSSR count). The van der Waals surface area contributed by atoms with E-state index < -0.39 is 0 Å². The zero-order valence-electron chi connectivity index (χ0n) is 13.9. The third-order valence-electron chi connectivity index (χ3n) is 5.27. The van der Waals surface area contributed by atoms with Crippen LogP contribution in [0.2, 0.25) is 0 Å². The Hall–Kier alpha value is -2.38. The van der Waals surface area contributed by atoms with E-state index in [-0.39, 0.29) is 5.41 Å². The van der Waals surface area contributed by atoms with Gasteiger partial charge in [0.25, 0.3) is 0 Å². The minimum atomic E-state index is 0.0714. The Bertz CT molecular complexity index is 725. The van der Waals surface area contributed by atoms with Crippen molar-refractivity contribution in [3.8, 4) is 0 Å². The molecule has 0 aromatic heterocycles. The molecule has 0 bridgehead atoms. The van der Waals surface area contributed by atoms with Gasteiger partial charge in [0.1, 0.15) is 0 Å². The van der Waals surface area contributed by atoms with Crippen molar-refractivity contribution < 1.29 is 0 Å². The molecule has 3 aromatic rings. The lowest BCUT2D eigenvalue weighted by Crippen LogP contribution is -2.30. The molecule has 1 nitrogen and oxygen atoms in total. The average molecular weight is 313 g/mol. The Morgan fingerprint density at radius 3 is 1.75 bits per heavy atom. The Kier molecular flexibility index (Phi) is 4.18. The molecule has 0 saturated carbocycles. The van der Waals surface area contributed by atoms with Gasteiger partial charge >= 0.3 is 0 Å². The van der Waals surface area contributed by atoms with Crippen molar-refractivity contribution in [1.82, 2.24) is 5.32 Å². The van der Waals surface area contributed by atoms with Crippen molar-refractivity contribution in [2.24, 2.45) is 0 Å². The molecule has 1 N–H and O–H groups in total. The van der Waals surface area contributed by atoms with Crippen LogP contribution < -0.4 is 5.32 Å². The first-order valence-electron chi connectivity index (χ1n) is 8.75. The summed E-state index contributed by atoms with van der Waals surface area (Å²) in [6.07, 6.45) is 2.22. The normalized spacial score (nSPS) is 19.2. The zero-order chi connectivity index (χ0) is 16.2. The number of hydrogen-bond donors (Lipinski definition) is 1. The van der Waals surface area contributed by atoms with E-state index in [1.807, 2.05) is 0 Å². The highest BCUT2D eigenvalue weighted by molar-refractivity contribution is 5.42. The van der Waals surface area contributed by atoms with Gasteiger partial charge < -0.3 is 5.32 Å². The minimum absolute atomic E-state index is 0.0714. The maximum atomic E-state index is 3.79. The molecule has 1 unspecified atom stereocenters. The molecule has 1 aliphatic rings. The summed E-state index contributed by atoms with van der Waals surface area (Å²) in [6.45, 7) is 0.999. The van der Waals surface area contributed by atoms with E-state index >= 15 is 0 Å². The van der Waals surface area contributed by atoms with Gasteiger partial charge in [0.2, 0.25) is 0 Å². The topological polar surface area (TPSA) is 12.0 Å². The number of rotatable bonds is 4. The first kappa shape index (κ1) is 15.2. The summed E-state index contributed by atoms with van der Waals surface area (Å²) in [5.74, 6) is 0. The minimum Gasteiger partial charge on any atom is -0.312 e. The Balaban J connectivity index is 1.66. The molecule has 0 radical (unpaired) electrons. The number of nitrogens with one attached hydrogen (secondary N) is 1. The molecule has 0 aliphatic carbocycles. The van der Waals surface area contributed by atoms with Crippen LogP contribution in [0, 0.1) is 0 Å². The van der Waals surface area contributed by atoms with Crippen molar-refractivity contribution in [1.29, 1.82) is 0 Å². The second-order valence-electron chi connectivity index (χ2n) is 6.79. The molecule has 1 atom stereocenters. The summed E-state index contributed by atoms with van der Waals surface area (Å²) < 4.78 is 0. The van der Waals surface area contributed by atoms with Crippen LogP contribution in [0.4, 0.5) is 0 Å². The van der Waals surface area contributed by atoms with Gasteiger partial charge in [0.15, 0.2) is 0 Å². The molecular weight excluding hydrogens is 290 g/mol. The van der Waals surface area contributed by atoms with Crippen LogP contribution in [0.3, 0.4) is 0 Å². The van der Waals surface area contributed by atoms with Crippen LogP contribution in [-0.4, -0.2) is 12.6 Å². The maximum absolute atomic E-state index is 3.79. The standard InChI is InChI=1S/C23H23N/c1-4-10-19(11-5-1)16-22-17-23(18-24-22,20-12-6-2-7-13-20)21-14-8-3-9-15-21/h1-15,22,24H,16-18H2. The molecule has 3 aromatic carbocycles. The molecule has 0 spiro atoms. The molecule has 120 valence electrons. The summed E-state index contributed by atoms with van der Waals surface area (Å²) >= 11 is 0. The predicted molar refractivity (Wildman–Crippen MR) is 100 cm³/mol. The zero-order valence-corrected chi connectivity index (χ0v) is 13.9. The fraction of sp³-hybridized carbons (Fsp3) is 0.217. The van der Waals surface area contributed by atoms with Gasteiger partial charge in [-0.05, 0) is 29.5 Å². The number of benzene rings is 3. The molecule has 1 heteroatoms. The van der Waals surface area contributed by atoms with Crippen molar-refractivity contribution >= 4 is 0 Å². The van der Waals surface area contributed by atoms with Gasteiger partial charge in [-0.15, -0.1) is 0 Å². The Labute approximate surface area is 144 Å². The van der Waals surface area contributed by atoms with Crippen LogP contribution in [-0.2, 0) is 11.8 Å². The second-order valence-corrected chi connectivity index (χ2v) is 6.79. The van der Waals surface area contributed by atoms with Crippen molar-refractivity contribution in [3.05, 3.63) is 108 Å². The fourth-order valence-corrected chi connectivity index (χ4v) is 4.05. The van der Waals surface area contributed by atoms with Gasteiger partial charge in [-0.2, -0.15) is 0 Å². The SMILES string of the molecule is c1ccc(CC2CC(c3ccccc3)(c3ccccc3)CN2)cc1. The molecule has 1 saturated heterocycles. The monoisotopic (exact) mass is 313 g/mol. The van der Waals surface area contributed by atoms with Crippen LogP contribution in [0.5, 0.6) is 0 Å². The van der Waals surface area contributed by atoms with Crippen molar-refractivity contribution in [2.45, 2.75) is 24.3 Å². The first-order valence-corrected chi connectivity index (χ1v) is 8.75. The van der Waals surface area contributed by atoms with Gasteiger partial charge in [-0.25, -0.2) is 0 Å². The van der Waals surface area contributed by atoms with E-state index in [0.29, 0.717) is 6.04 Å². The quantitative estimate of drug-likeness (QED) is 0.743. The highest BCUT2D eigenvalue weighted by Gasteiger charge is 2.41. The molecule has 1 fully saturated rings. The molecule has 24 heavy (non-hydrogen) atoms. The summed E-state index contributed by atoms with van der Waals surface area (Å²) in [5, 5.41) is 3.79. The maximum Gasteiger partial charge on any atom is 0.0342 e. The lowest BCUT2D eigenvalue weighted by Gasteiger charge is -2.30. The predicted octanol–water partition coefficient (Wildman–Crippen LogP) is 4.58. The summed E-state index contributed by atoms with van der Waals surface area (Å²) in [5.41, 5.74) is 4.31. The second kappa shape index (κ2) is 6.62. The average Bonchev–Trinajstić information content (AvgIpc) is 3.09. The largest absolute Gasteiger partial charge is 0.312 e. The smallest absolute Gasteiger partial charge is 0.0342 e. The van der Waals surface area contributed by atoms with Crippen LogP contribution >= 0.6 is 0 Å². The molecule has 1 aliphatic heterocycles. The van der Waals surface area contributed by atoms with Gasteiger partial charge in [0, 0.05) is 18.0 Å². The summed E-state index contributed by atoms with van der Waals surface area (Å²) in [6, 6.07) is 33.3. The molecular formula is C23H23N. The van der Waals surface area contributed by atoms with Crippen LogP contribution in [0.1, 0.15) is 23.1 Å². The third kappa shape index (κ3) is 2.88. The van der Waals surface area contributed by atoms with Gasteiger partial charge in [-0.3, -0.25) is 0 Å². The highest BCUT2D eigenvalue weighted by atomic mass is 15.0. The lowest BCUT2D eigenvalue weighted by molar-refractivity contribution is 0.540. The Morgan fingerprint density at radius 1 is 0.708 bits per heavy atom. The van der Waals surface area contributed by atoms with Crippen LogP contribution in [0.25, 0.3) is 0 Å². The summed E-state index contributed by atoms with van der Waals surface area (Å²) in [4.78, 5) is 0. The fourth-order valence-electron chi connectivity index (χ4n) is 4.05. The molecule has 1 heterocycles. The van der Waals surface area contributed by atoms with Gasteiger partial charge in [0.05, 0.1) is 0 Å². The third-order valence-corrected chi connectivity index (χ3v) is 5.27. The number of hydrogen-bond acceptors (Lipinski definition) is 1. The van der Waals surface area contributed by atoms with E-state index in [1.54, 1.807) is 0 Å². The highest BCUT2D eigenvalue weighted by Crippen LogP contribution is 2.40. The van der Waals surface area contributed by atoms with Crippen molar-refractivity contribution in [3.63, 3.8) is 0 Å². The Morgan fingerprint density at radius 2 is 1.21 bits per heavy atom. The molecule has 0 amide bonds. The van der Waals surface area contributed by atoms with E-state index in [0.717, 1.165) is 19.4 Å². The lowest BCUT2D eigenvalue weighted by atomic mass is 9.72. The first-order chi connectivity index (χ1) is 11.9. The van der Waals surface area contributed by atoms with E-state index in [9.17, 15) is 0 Å².